The van der Waals surface area contributed by atoms with Gasteiger partial charge in [-0.3, -0.25) is 4.99 Å². The predicted octanol–water partition coefficient (Wildman–Crippen LogP) is 1.94. The van der Waals surface area contributed by atoms with Crippen molar-refractivity contribution in [3.8, 4) is 0 Å². The molecule has 2 N–H and O–H groups in total. The van der Waals surface area contributed by atoms with Gasteiger partial charge in [-0.15, -0.1) is 0 Å². The Bertz CT molecular complexity index is 318. The van der Waals surface area contributed by atoms with Gasteiger partial charge in [0, 0.05) is 11.3 Å². The maximum atomic E-state index is 13.2. The first-order valence-corrected chi connectivity index (χ1v) is 4.16. The molecule has 0 radical (unpaired) electrons. The molecule has 0 saturated carbocycles. The van der Waals surface area contributed by atoms with E-state index in [1.807, 2.05) is 0 Å². The van der Waals surface area contributed by atoms with Crippen LogP contribution in [0.15, 0.2) is 29.3 Å². The molecule has 0 aromatic heterocycles. The summed E-state index contributed by atoms with van der Waals surface area (Å²) in [6.07, 6.45) is -0.292. The Hall–Kier alpha value is -1.22. The number of benzene rings is 1. The highest BCUT2D eigenvalue weighted by molar-refractivity contribution is 5.98. The summed E-state index contributed by atoms with van der Waals surface area (Å²) in [4.78, 5) is 4.06. The maximum Gasteiger partial charge on any atom is 0.132 e. The van der Waals surface area contributed by atoms with E-state index in [1.54, 1.807) is 32.0 Å². The minimum Gasteiger partial charge on any atom is -0.310 e. The molecule has 2 nitrogen and oxygen atoms in total. The van der Waals surface area contributed by atoms with Crippen LogP contribution in [0.4, 0.5) is 4.39 Å². The molecule has 0 spiro atoms. The van der Waals surface area contributed by atoms with Crippen LogP contribution in [-0.4, -0.2) is 11.9 Å². The van der Waals surface area contributed by atoms with Crippen molar-refractivity contribution in [1.82, 2.24) is 0 Å². The van der Waals surface area contributed by atoms with E-state index in [0.717, 1.165) is 0 Å². The Labute approximate surface area is 77.3 Å². The number of rotatable bonds is 2. The third-order valence-corrected chi connectivity index (χ3v) is 1.66. The molecule has 0 bridgehead atoms. The van der Waals surface area contributed by atoms with Crippen molar-refractivity contribution in [2.24, 2.45) is 10.7 Å². The SMILES string of the molecule is C/C(=N\C(C)N)c1ccccc1F. The number of hydrogen-bond donors (Lipinski definition) is 1. The van der Waals surface area contributed by atoms with E-state index in [-0.39, 0.29) is 12.0 Å². The van der Waals surface area contributed by atoms with Gasteiger partial charge in [0.2, 0.25) is 0 Å². The quantitative estimate of drug-likeness (QED) is 0.694. The first-order chi connectivity index (χ1) is 6.11. The zero-order valence-corrected chi connectivity index (χ0v) is 7.79. The lowest BCUT2D eigenvalue weighted by Gasteiger charge is -2.04. The standard InChI is InChI=1S/C10H13FN2/c1-7(13-8(2)12)9-5-3-4-6-10(9)11/h3-6,8H,12H2,1-2H3/b13-7+. The Kier molecular flexibility index (Phi) is 3.14. The molecule has 1 unspecified atom stereocenters. The van der Waals surface area contributed by atoms with Crippen LogP contribution < -0.4 is 5.73 Å². The maximum absolute atomic E-state index is 13.2. The predicted molar refractivity (Wildman–Crippen MR) is 52.3 cm³/mol. The van der Waals surface area contributed by atoms with Crippen LogP contribution in [-0.2, 0) is 0 Å². The van der Waals surface area contributed by atoms with Gasteiger partial charge in [0.1, 0.15) is 5.82 Å². The van der Waals surface area contributed by atoms with Gasteiger partial charge in [0.15, 0.2) is 0 Å². The number of halogens is 1. The molecule has 0 aliphatic rings. The highest BCUT2D eigenvalue weighted by Crippen LogP contribution is 2.07. The van der Waals surface area contributed by atoms with E-state index < -0.39 is 0 Å². The first-order valence-electron chi connectivity index (χ1n) is 4.16. The number of hydrogen-bond acceptors (Lipinski definition) is 2. The summed E-state index contributed by atoms with van der Waals surface area (Å²) in [6, 6.07) is 6.53. The van der Waals surface area contributed by atoms with Crippen molar-refractivity contribution in [1.29, 1.82) is 0 Å². The number of nitrogens with zero attached hydrogens (tertiary/aromatic N) is 1. The lowest BCUT2D eigenvalue weighted by Crippen LogP contribution is -2.14. The monoisotopic (exact) mass is 180 g/mol. The van der Waals surface area contributed by atoms with Gasteiger partial charge in [-0.1, -0.05) is 18.2 Å². The molecule has 0 saturated heterocycles. The Balaban J connectivity index is 3.02. The molecule has 0 fully saturated rings. The topological polar surface area (TPSA) is 38.4 Å². The Morgan fingerprint density at radius 3 is 2.62 bits per heavy atom. The van der Waals surface area contributed by atoms with E-state index in [1.165, 1.54) is 6.07 Å². The second-order valence-corrected chi connectivity index (χ2v) is 2.93. The van der Waals surface area contributed by atoms with Crippen LogP contribution in [0.3, 0.4) is 0 Å². The van der Waals surface area contributed by atoms with Gasteiger partial charge in [-0.05, 0) is 19.9 Å². The molecular formula is C10H13FN2. The fourth-order valence-electron chi connectivity index (χ4n) is 1.13. The van der Waals surface area contributed by atoms with Gasteiger partial charge in [0.25, 0.3) is 0 Å². The third kappa shape index (κ3) is 2.63. The molecule has 13 heavy (non-hydrogen) atoms. The highest BCUT2D eigenvalue weighted by atomic mass is 19.1. The van der Waals surface area contributed by atoms with E-state index in [0.29, 0.717) is 11.3 Å². The number of aliphatic imine (C=N–C) groups is 1. The summed E-state index contributed by atoms with van der Waals surface area (Å²) < 4.78 is 13.2. The van der Waals surface area contributed by atoms with Crippen molar-refractivity contribution in [3.05, 3.63) is 35.6 Å². The summed E-state index contributed by atoms with van der Waals surface area (Å²) in [6.45, 7) is 3.51. The van der Waals surface area contributed by atoms with Crippen LogP contribution in [0.2, 0.25) is 0 Å². The summed E-state index contributed by atoms with van der Waals surface area (Å²) in [5, 5.41) is 0. The van der Waals surface area contributed by atoms with Crippen LogP contribution in [0, 0.1) is 5.82 Å². The van der Waals surface area contributed by atoms with Gasteiger partial charge in [0.05, 0.1) is 6.17 Å². The van der Waals surface area contributed by atoms with Crippen LogP contribution in [0.25, 0.3) is 0 Å². The second-order valence-electron chi connectivity index (χ2n) is 2.93. The highest BCUT2D eigenvalue weighted by Gasteiger charge is 2.03. The fraction of sp³-hybridized carbons (Fsp3) is 0.300. The molecule has 0 heterocycles. The Morgan fingerprint density at radius 1 is 1.46 bits per heavy atom. The van der Waals surface area contributed by atoms with Crippen LogP contribution >= 0.6 is 0 Å². The van der Waals surface area contributed by atoms with Gasteiger partial charge in [-0.2, -0.15) is 0 Å². The van der Waals surface area contributed by atoms with E-state index in [2.05, 4.69) is 4.99 Å². The lowest BCUT2D eigenvalue weighted by atomic mass is 10.1. The molecule has 1 rings (SSSR count). The molecule has 0 aliphatic heterocycles. The molecule has 0 amide bonds. The molecule has 1 atom stereocenters. The minimum atomic E-state index is -0.292. The van der Waals surface area contributed by atoms with Crippen molar-refractivity contribution >= 4 is 5.71 Å². The van der Waals surface area contributed by atoms with Crippen molar-refractivity contribution < 1.29 is 4.39 Å². The van der Waals surface area contributed by atoms with Gasteiger partial charge < -0.3 is 5.73 Å². The molecule has 3 heteroatoms. The van der Waals surface area contributed by atoms with E-state index in [4.69, 9.17) is 5.73 Å². The molecule has 0 aliphatic carbocycles. The van der Waals surface area contributed by atoms with Crippen molar-refractivity contribution in [2.45, 2.75) is 20.0 Å². The summed E-state index contributed by atoms with van der Waals surface area (Å²) >= 11 is 0. The molecule has 1 aromatic carbocycles. The average molecular weight is 180 g/mol. The zero-order chi connectivity index (χ0) is 9.84. The van der Waals surface area contributed by atoms with Crippen LogP contribution in [0.1, 0.15) is 19.4 Å². The van der Waals surface area contributed by atoms with E-state index in [9.17, 15) is 4.39 Å². The second kappa shape index (κ2) is 4.14. The smallest absolute Gasteiger partial charge is 0.132 e. The molecule has 1 aromatic rings. The van der Waals surface area contributed by atoms with Crippen molar-refractivity contribution in [3.63, 3.8) is 0 Å². The minimum absolute atomic E-state index is 0.260. The largest absolute Gasteiger partial charge is 0.310 e. The summed E-state index contributed by atoms with van der Waals surface area (Å²) in [5.74, 6) is -0.260. The van der Waals surface area contributed by atoms with Crippen LogP contribution in [0.5, 0.6) is 0 Å². The molecular weight excluding hydrogens is 167 g/mol. The average Bonchev–Trinajstić information content (AvgIpc) is 2.03. The number of nitrogens with two attached hydrogens (primary N) is 1. The lowest BCUT2D eigenvalue weighted by molar-refractivity contribution is 0.624. The normalized spacial score (nSPS) is 14.3. The third-order valence-electron chi connectivity index (χ3n) is 1.66. The van der Waals surface area contributed by atoms with Gasteiger partial charge >= 0.3 is 0 Å². The molecule has 70 valence electrons. The van der Waals surface area contributed by atoms with Gasteiger partial charge in [-0.25, -0.2) is 4.39 Å². The summed E-state index contributed by atoms with van der Waals surface area (Å²) in [5.41, 5.74) is 6.62. The fourth-order valence-corrected chi connectivity index (χ4v) is 1.13. The van der Waals surface area contributed by atoms with E-state index >= 15 is 0 Å². The Morgan fingerprint density at radius 2 is 2.08 bits per heavy atom. The first kappa shape index (κ1) is 9.86. The summed E-state index contributed by atoms with van der Waals surface area (Å²) in [7, 11) is 0. The van der Waals surface area contributed by atoms with Crippen molar-refractivity contribution in [2.75, 3.05) is 0 Å². The zero-order valence-electron chi connectivity index (χ0n) is 7.79.